The number of hydrogen-bond donors (Lipinski definition) is 2. The Morgan fingerprint density at radius 1 is 1.35 bits per heavy atom. The zero-order valence-electron chi connectivity index (χ0n) is 9.47. The third kappa shape index (κ3) is 3.51. The quantitative estimate of drug-likeness (QED) is 0.886. The summed E-state index contributed by atoms with van der Waals surface area (Å²) >= 11 is 12.1. The number of aliphatic imine (C=N–C) groups is 1. The van der Waals surface area contributed by atoms with Gasteiger partial charge in [-0.3, -0.25) is 4.99 Å². The zero-order chi connectivity index (χ0) is 12.1. The fraction of sp³-hybridized carbons (Fsp3) is 0.417. The molecule has 0 unspecified atom stereocenters. The molecule has 0 fully saturated rings. The highest BCUT2D eigenvalue weighted by molar-refractivity contribution is 6.42. The molecule has 0 spiro atoms. The van der Waals surface area contributed by atoms with Crippen LogP contribution in [0.1, 0.15) is 12.0 Å². The van der Waals surface area contributed by atoms with Gasteiger partial charge >= 0.3 is 0 Å². The Morgan fingerprint density at radius 3 is 3.00 bits per heavy atom. The average molecular weight is 272 g/mol. The lowest BCUT2D eigenvalue weighted by molar-refractivity contribution is 0.700. The van der Waals surface area contributed by atoms with Gasteiger partial charge in [-0.15, -0.1) is 0 Å². The molecule has 0 aliphatic carbocycles. The number of guanidine groups is 1. The highest BCUT2D eigenvalue weighted by Crippen LogP contribution is 2.25. The summed E-state index contributed by atoms with van der Waals surface area (Å²) in [5, 5.41) is 7.72. The predicted octanol–water partition coefficient (Wildman–Crippen LogP) is 2.47. The van der Waals surface area contributed by atoms with Crippen molar-refractivity contribution < 1.29 is 0 Å². The average Bonchev–Trinajstić information content (AvgIpc) is 2.36. The van der Waals surface area contributed by atoms with Crippen LogP contribution in [-0.4, -0.2) is 25.6 Å². The van der Waals surface area contributed by atoms with Gasteiger partial charge in [0.1, 0.15) is 0 Å². The predicted molar refractivity (Wildman–Crippen MR) is 73.1 cm³/mol. The lowest BCUT2D eigenvalue weighted by Crippen LogP contribution is -2.41. The molecule has 2 N–H and O–H groups in total. The second kappa shape index (κ2) is 6.12. The Kier molecular flexibility index (Phi) is 4.51. The first-order valence-electron chi connectivity index (χ1n) is 5.72. The van der Waals surface area contributed by atoms with E-state index in [9.17, 15) is 0 Å². The molecule has 3 nitrogen and oxygen atoms in total. The summed E-state index contributed by atoms with van der Waals surface area (Å²) in [6.45, 7) is 2.68. The molecule has 0 amide bonds. The van der Waals surface area contributed by atoms with Gasteiger partial charge in [0, 0.05) is 19.6 Å². The first-order chi connectivity index (χ1) is 8.27. The number of hydrogen-bond acceptors (Lipinski definition) is 3. The van der Waals surface area contributed by atoms with Crippen LogP contribution in [0.3, 0.4) is 0 Å². The van der Waals surface area contributed by atoms with Crippen molar-refractivity contribution in [2.24, 2.45) is 4.99 Å². The Morgan fingerprint density at radius 2 is 2.24 bits per heavy atom. The second-order valence-corrected chi connectivity index (χ2v) is 4.69. The van der Waals surface area contributed by atoms with Crippen LogP contribution in [0, 0.1) is 0 Å². The van der Waals surface area contributed by atoms with Crippen LogP contribution in [0.2, 0.25) is 10.0 Å². The van der Waals surface area contributed by atoms with E-state index in [1.54, 1.807) is 6.07 Å². The minimum atomic E-state index is 0.609. The van der Waals surface area contributed by atoms with E-state index >= 15 is 0 Å². The normalized spacial score (nSPS) is 15.1. The molecule has 1 aromatic rings. The van der Waals surface area contributed by atoms with Crippen molar-refractivity contribution in [2.45, 2.75) is 12.8 Å². The lowest BCUT2D eigenvalue weighted by atomic mass is 10.1. The van der Waals surface area contributed by atoms with Crippen LogP contribution in [0.4, 0.5) is 0 Å². The van der Waals surface area contributed by atoms with Crippen LogP contribution >= 0.6 is 23.2 Å². The molecule has 0 atom stereocenters. The Balaban J connectivity index is 1.85. The molecule has 17 heavy (non-hydrogen) atoms. The largest absolute Gasteiger partial charge is 0.356 e. The summed E-state index contributed by atoms with van der Waals surface area (Å²) in [5.74, 6) is 0.884. The van der Waals surface area contributed by atoms with E-state index in [2.05, 4.69) is 15.6 Å². The van der Waals surface area contributed by atoms with Crippen LogP contribution in [-0.2, 0) is 6.42 Å². The van der Waals surface area contributed by atoms with Crippen LogP contribution < -0.4 is 10.6 Å². The molecule has 0 aromatic heterocycles. The van der Waals surface area contributed by atoms with Gasteiger partial charge in [-0.1, -0.05) is 35.3 Å². The molecule has 1 aliphatic heterocycles. The molecule has 0 saturated carbocycles. The molecule has 5 heteroatoms. The molecule has 2 rings (SSSR count). The molecule has 1 heterocycles. The summed E-state index contributed by atoms with van der Waals surface area (Å²) in [6.07, 6.45) is 1.94. The van der Waals surface area contributed by atoms with Crippen molar-refractivity contribution in [3.05, 3.63) is 33.8 Å². The number of nitrogens with one attached hydrogen (secondary N) is 2. The zero-order valence-corrected chi connectivity index (χ0v) is 11.0. The number of halogens is 2. The smallest absolute Gasteiger partial charge is 0.191 e. The van der Waals surface area contributed by atoms with Crippen LogP contribution in [0.5, 0.6) is 0 Å². The summed E-state index contributed by atoms with van der Waals surface area (Å²) < 4.78 is 0. The van der Waals surface area contributed by atoms with Gasteiger partial charge in [-0.05, 0) is 24.5 Å². The first-order valence-corrected chi connectivity index (χ1v) is 6.48. The molecule has 1 aliphatic rings. The number of benzene rings is 1. The molecule has 0 bridgehead atoms. The Hall–Kier alpha value is -0.930. The van der Waals surface area contributed by atoms with Crippen molar-refractivity contribution >= 4 is 29.2 Å². The van der Waals surface area contributed by atoms with Crippen LogP contribution in [0.15, 0.2) is 23.2 Å². The maximum Gasteiger partial charge on any atom is 0.191 e. The fourth-order valence-electron chi connectivity index (χ4n) is 1.71. The maximum absolute atomic E-state index is 6.11. The number of nitrogens with zero attached hydrogens (tertiary/aromatic N) is 1. The van der Waals surface area contributed by atoms with Crippen molar-refractivity contribution in [3.8, 4) is 0 Å². The molecule has 0 radical (unpaired) electrons. The summed E-state index contributed by atoms with van der Waals surface area (Å²) in [6, 6.07) is 5.71. The van der Waals surface area contributed by atoms with E-state index in [1.807, 2.05) is 12.1 Å². The van der Waals surface area contributed by atoms with E-state index in [0.717, 1.165) is 44.0 Å². The fourth-order valence-corrected chi connectivity index (χ4v) is 2.12. The number of rotatable bonds is 3. The van der Waals surface area contributed by atoms with Gasteiger partial charge in [0.2, 0.25) is 0 Å². The third-order valence-corrected chi connectivity index (χ3v) is 3.47. The van der Waals surface area contributed by atoms with Crippen molar-refractivity contribution in [1.82, 2.24) is 10.6 Å². The summed E-state index contributed by atoms with van der Waals surface area (Å²) in [7, 11) is 0. The topological polar surface area (TPSA) is 36.4 Å². The highest BCUT2D eigenvalue weighted by atomic mass is 35.5. The first kappa shape index (κ1) is 12.5. The standard InChI is InChI=1S/C12H15Cl2N3/c13-10-4-1-3-9(11(10)14)5-8-17-12-15-6-2-7-16-12/h1,3-4H,2,5-8H2,(H2,15,16,17). The van der Waals surface area contributed by atoms with Gasteiger partial charge in [-0.2, -0.15) is 0 Å². The van der Waals surface area contributed by atoms with Crippen LogP contribution in [0.25, 0.3) is 0 Å². The van der Waals surface area contributed by atoms with Gasteiger partial charge in [0.15, 0.2) is 5.96 Å². The van der Waals surface area contributed by atoms with Gasteiger partial charge < -0.3 is 10.6 Å². The third-order valence-electron chi connectivity index (χ3n) is 2.62. The molecular formula is C12H15Cl2N3. The van der Waals surface area contributed by atoms with Crippen molar-refractivity contribution in [3.63, 3.8) is 0 Å². The van der Waals surface area contributed by atoms with Gasteiger partial charge in [-0.25, -0.2) is 0 Å². The minimum Gasteiger partial charge on any atom is -0.356 e. The molecular weight excluding hydrogens is 257 g/mol. The molecule has 0 saturated heterocycles. The maximum atomic E-state index is 6.11. The summed E-state index contributed by atoms with van der Waals surface area (Å²) in [5.41, 5.74) is 1.06. The van der Waals surface area contributed by atoms with Crippen molar-refractivity contribution in [2.75, 3.05) is 19.6 Å². The van der Waals surface area contributed by atoms with E-state index in [4.69, 9.17) is 23.2 Å². The molecule has 92 valence electrons. The molecule has 1 aromatic carbocycles. The van der Waals surface area contributed by atoms with Crippen molar-refractivity contribution in [1.29, 1.82) is 0 Å². The SMILES string of the molecule is Clc1cccc(CCNC2=NCCCN2)c1Cl. The summed E-state index contributed by atoms with van der Waals surface area (Å²) in [4.78, 5) is 4.34. The van der Waals surface area contributed by atoms with E-state index in [1.165, 1.54) is 0 Å². The van der Waals surface area contributed by atoms with Gasteiger partial charge in [0.25, 0.3) is 0 Å². The monoisotopic (exact) mass is 271 g/mol. The van der Waals surface area contributed by atoms with Gasteiger partial charge in [0.05, 0.1) is 10.0 Å². The Bertz CT molecular complexity index is 418. The Labute approximate surface area is 111 Å². The minimum absolute atomic E-state index is 0.609. The van der Waals surface area contributed by atoms with E-state index < -0.39 is 0 Å². The van der Waals surface area contributed by atoms with E-state index in [0.29, 0.717) is 10.0 Å². The second-order valence-electron chi connectivity index (χ2n) is 3.90. The highest BCUT2D eigenvalue weighted by Gasteiger charge is 2.05. The van der Waals surface area contributed by atoms with E-state index in [-0.39, 0.29) is 0 Å². The lowest BCUT2D eigenvalue weighted by Gasteiger charge is -2.16.